The van der Waals surface area contributed by atoms with Gasteiger partial charge >= 0.3 is 31.5 Å². The molecule has 0 bridgehead atoms. The summed E-state index contributed by atoms with van der Waals surface area (Å²) in [4.78, 5) is 0. The van der Waals surface area contributed by atoms with Crippen molar-refractivity contribution in [2.24, 2.45) is 0 Å². The summed E-state index contributed by atoms with van der Waals surface area (Å²) in [7, 11) is -3.67. The van der Waals surface area contributed by atoms with Crippen LogP contribution in [0.3, 0.4) is 0 Å². The van der Waals surface area contributed by atoms with Gasteiger partial charge in [0, 0.05) is 0 Å². The average Bonchev–Trinajstić information content (AvgIpc) is 0.811. The zero-order valence-electron chi connectivity index (χ0n) is 2.21. The standard InChI is InChI=1S/BF3.Sn/c2-1(3)4;/q;+2. The van der Waals surface area contributed by atoms with E-state index in [0.29, 0.717) is 0 Å². The summed E-state index contributed by atoms with van der Waals surface area (Å²) in [6, 6.07) is 0. The Morgan fingerprint density at radius 3 is 1.00 bits per heavy atom. The van der Waals surface area contributed by atoms with Gasteiger partial charge in [-0.05, 0) is 0 Å². The molecule has 0 aliphatic carbocycles. The van der Waals surface area contributed by atoms with Crippen LogP contribution in [0.5, 0.6) is 0 Å². The van der Waals surface area contributed by atoms with Crippen LogP contribution in [0.15, 0.2) is 0 Å². The van der Waals surface area contributed by atoms with E-state index in [0.717, 1.165) is 0 Å². The maximum Gasteiger partial charge on any atom is 2.00 e. The molecule has 0 atom stereocenters. The van der Waals surface area contributed by atoms with Crippen molar-refractivity contribution in [3.8, 4) is 0 Å². The topological polar surface area (TPSA) is 0 Å². The Kier molecular flexibility index (Phi) is 8.54. The average molecular weight is 187 g/mol. The molecule has 0 fully saturated rings. The second-order valence-electron chi connectivity index (χ2n) is 0.247. The van der Waals surface area contributed by atoms with Crippen molar-refractivity contribution in [2.75, 3.05) is 0 Å². The van der Waals surface area contributed by atoms with Crippen LogP contribution in [-0.4, -0.2) is 31.5 Å². The van der Waals surface area contributed by atoms with Crippen molar-refractivity contribution in [3.63, 3.8) is 0 Å². The number of halogens is 3. The summed E-state index contributed by atoms with van der Waals surface area (Å²) in [6.07, 6.45) is 0. The fourth-order valence-electron chi connectivity index (χ4n) is 0. The molecular formula is BF3Sn+2. The van der Waals surface area contributed by atoms with E-state index in [1.165, 1.54) is 0 Å². The van der Waals surface area contributed by atoms with Gasteiger partial charge in [0.1, 0.15) is 0 Å². The number of hydrogen-bond acceptors (Lipinski definition) is 0. The van der Waals surface area contributed by atoms with E-state index < -0.39 is 7.54 Å². The molecule has 0 saturated carbocycles. The zero-order valence-corrected chi connectivity index (χ0v) is 5.07. The van der Waals surface area contributed by atoms with Crippen LogP contribution in [0.1, 0.15) is 0 Å². The third-order valence-corrected chi connectivity index (χ3v) is 0. The van der Waals surface area contributed by atoms with Crippen molar-refractivity contribution in [2.45, 2.75) is 0 Å². The molecule has 0 spiro atoms. The fraction of sp³-hybridized carbons (Fsp3) is 0. The van der Waals surface area contributed by atoms with Crippen LogP contribution < -0.4 is 0 Å². The van der Waals surface area contributed by atoms with Crippen molar-refractivity contribution < 1.29 is 12.9 Å². The largest absolute Gasteiger partial charge is 2.00 e. The Labute approximate surface area is 44.9 Å². The molecule has 0 N–H and O–H groups in total. The maximum atomic E-state index is 9.67. The van der Waals surface area contributed by atoms with E-state index in [1.54, 1.807) is 0 Å². The molecule has 26 valence electrons. The minimum Gasteiger partial charge on any atom is -0.254 e. The quantitative estimate of drug-likeness (QED) is 0.484. The second kappa shape index (κ2) is 4.65. The summed E-state index contributed by atoms with van der Waals surface area (Å²) in [5.74, 6) is 0. The normalized spacial score (nSPS) is 5.40. The first-order valence-electron chi connectivity index (χ1n) is 0.655. The van der Waals surface area contributed by atoms with Crippen LogP contribution in [0.2, 0.25) is 0 Å². The Bertz CT molecular complexity index is 11.6. The predicted molar refractivity (Wildman–Crippen MR) is 14.8 cm³/mol. The monoisotopic (exact) mass is 188 g/mol. The molecule has 5 heavy (non-hydrogen) atoms. The molecule has 5 heteroatoms. The van der Waals surface area contributed by atoms with E-state index in [9.17, 15) is 12.9 Å². The molecule has 0 aromatic rings. The van der Waals surface area contributed by atoms with E-state index in [1.807, 2.05) is 0 Å². The van der Waals surface area contributed by atoms with Crippen molar-refractivity contribution in [3.05, 3.63) is 0 Å². The first-order valence-corrected chi connectivity index (χ1v) is 0.655. The van der Waals surface area contributed by atoms with Gasteiger partial charge in [-0.2, -0.15) is 0 Å². The van der Waals surface area contributed by atoms with Crippen molar-refractivity contribution >= 4 is 31.5 Å². The first-order chi connectivity index (χ1) is 1.73. The summed E-state index contributed by atoms with van der Waals surface area (Å²) in [6.45, 7) is 0. The van der Waals surface area contributed by atoms with Gasteiger partial charge in [0.25, 0.3) is 0 Å². The van der Waals surface area contributed by atoms with E-state index in [2.05, 4.69) is 0 Å². The molecule has 0 unspecified atom stereocenters. The molecule has 0 aromatic heterocycles. The van der Waals surface area contributed by atoms with Gasteiger partial charge in [0.2, 0.25) is 0 Å². The van der Waals surface area contributed by atoms with Gasteiger partial charge in [-0.25, -0.2) is 0 Å². The minimum absolute atomic E-state index is 0. The van der Waals surface area contributed by atoms with Gasteiger partial charge in [0.15, 0.2) is 0 Å². The molecule has 0 aliphatic heterocycles. The van der Waals surface area contributed by atoms with Crippen LogP contribution in [0, 0.1) is 0 Å². The number of hydrogen-bond donors (Lipinski definition) is 0. The molecular weight excluding hydrogens is 187 g/mol. The Hall–Kier alpha value is 0.654. The minimum atomic E-state index is -3.67. The van der Waals surface area contributed by atoms with Crippen molar-refractivity contribution in [1.29, 1.82) is 0 Å². The Morgan fingerprint density at radius 2 is 1.00 bits per heavy atom. The molecule has 2 radical (unpaired) electrons. The van der Waals surface area contributed by atoms with Crippen molar-refractivity contribution in [1.82, 2.24) is 0 Å². The molecule has 0 rings (SSSR count). The molecule has 0 amide bonds. The Morgan fingerprint density at radius 1 is 1.00 bits per heavy atom. The third kappa shape index (κ3) is 76.7. The smallest absolute Gasteiger partial charge is 0.254 e. The van der Waals surface area contributed by atoms with Crippen LogP contribution in [0.25, 0.3) is 0 Å². The number of rotatable bonds is 0. The van der Waals surface area contributed by atoms with E-state index >= 15 is 0 Å². The van der Waals surface area contributed by atoms with Gasteiger partial charge in [-0.1, -0.05) is 0 Å². The maximum absolute atomic E-state index is 9.67. The van der Waals surface area contributed by atoms with Crippen LogP contribution in [0.4, 0.5) is 12.9 Å². The van der Waals surface area contributed by atoms with Gasteiger partial charge in [0.05, 0.1) is 0 Å². The molecule has 0 aliphatic rings. The first kappa shape index (κ1) is 9.17. The summed E-state index contributed by atoms with van der Waals surface area (Å²) >= 11 is 0. The van der Waals surface area contributed by atoms with Gasteiger partial charge in [-0.15, -0.1) is 0 Å². The fourth-order valence-corrected chi connectivity index (χ4v) is 0. The zero-order chi connectivity index (χ0) is 3.58. The van der Waals surface area contributed by atoms with Gasteiger partial charge in [-0.3, -0.25) is 12.9 Å². The van der Waals surface area contributed by atoms with Crippen LogP contribution in [-0.2, 0) is 0 Å². The molecule has 0 nitrogen and oxygen atoms in total. The molecule has 0 aromatic carbocycles. The summed E-state index contributed by atoms with van der Waals surface area (Å²) < 4.78 is 29.0. The van der Waals surface area contributed by atoms with E-state index in [-0.39, 0.29) is 23.9 Å². The predicted octanol–water partition coefficient (Wildman–Crippen LogP) is 0.499. The molecule has 0 heterocycles. The Balaban J connectivity index is 0. The van der Waals surface area contributed by atoms with Crippen LogP contribution >= 0.6 is 0 Å². The summed E-state index contributed by atoms with van der Waals surface area (Å²) in [5, 5.41) is 0. The van der Waals surface area contributed by atoms with E-state index in [4.69, 9.17) is 0 Å². The SMILES string of the molecule is FB(F)F.[Sn+2]. The second-order valence-corrected chi connectivity index (χ2v) is 0.247. The third-order valence-electron chi connectivity index (χ3n) is 0. The summed E-state index contributed by atoms with van der Waals surface area (Å²) in [5.41, 5.74) is 0. The molecule has 0 saturated heterocycles. The van der Waals surface area contributed by atoms with Gasteiger partial charge < -0.3 is 0 Å².